The number of aromatic amines is 1. The van der Waals surface area contributed by atoms with Crippen LogP contribution in [0.5, 0.6) is 5.88 Å². The van der Waals surface area contributed by atoms with Crippen molar-refractivity contribution in [3.8, 4) is 17.0 Å². The number of ether oxygens (including phenoxy) is 1. The number of pyridine rings is 1. The quantitative estimate of drug-likeness (QED) is 0.459. The minimum atomic E-state index is 0.290. The number of fused-ring (bicyclic) bond motifs is 2. The zero-order valence-corrected chi connectivity index (χ0v) is 18.3. The molecule has 1 N–H and O–H groups in total. The van der Waals surface area contributed by atoms with Crippen LogP contribution in [0.25, 0.3) is 27.7 Å². The minimum absolute atomic E-state index is 0.290. The highest BCUT2D eigenvalue weighted by atomic mass is 16.5. The summed E-state index contributed by atoms with van der Waals surface area (Å²) in [6.45, 7) is 4.21. The summed E-state index contributed by atoms with van der Waals surface area (Å²) >= 11 is 0. The molecule has 2 aliphatic carbocycles. The van der Waals surface area contributed by atoms with E-state index >= 15 is 0 Å². The molecule has 0 radical (unpaired) electrons. The van der Waals surface area contributed by atoms with E-state index in [0.717, 1.165) is 63.8 Å². The summed E-state index contributed by atoms with van der Waals surface area (Å²) < 4.78 is 8.24. The second-order valence-corrected chi connectivity index (χ2v) is 9.62. The van der Waals surface area contributed by atoms with Crippen LogP contribution in [0.2, 0.25) is 0 Å². The number of hydrogen-bond acceptors (Lipinski definition) is 4. The normalized spacial score (nSPS) is 21.7. The molecule has 3 heterocycles. The number of benzene rings is 1. The Kier molecular flexibility index (Phi) is 4.47. The van der Waals surface area contributed by atoms with Gasteiger partial charge in [0, 0.05) is 11.8 Å². The van der Waals surface area contributed by atoms with Gasteiger partial charge in [-0.05, 0) is 86.6 Å². The van der Waals surface area contributed by atoms with Crippen molar-refractivity contribution in [3.05, 3.63) is 41.9 Å². The predicted molar refractivity (Wildman–Crippen MR) is 121 cm³/mol. The van der Waals surface area contributed by atoms with Gasteiger partial charge in [-0.3, -0.25) is 5.10 Å². The lowest BCUT2D eigenvalue weighted by Gasteiger charge is -2.28. The van der Waals surface area contributed by atoms with Crippen molar-refractivity contribution in [2.45, 2.75) is 64.9 Å². The number of nitrogens with one attached hydrogen (secondary N) is 1. The molecule has 4 aromatic rings. The van der Waals surface area contributed by atoms with Crippen molar-refractivity contribution in [2.24, 2.45) is 11.8 Å². The molecule has 2 fully saturated rings. The molecule has 160 valence electrons. The van der Waals surface area contributed by atoms with E-state index in [0.29, 0.717) is 6.10 Å². The van der Waals surface area contributed by atoms with Gasteiger partial charge in [0.2, 0.25) is 5.88 Å². The minimum Gasteiger partial charge on any atom is -0.473 e. The van der Waals surface area contributed by atoms with Crippen LogP contribution in [0, 0.1) is 25.7 Å². The van der Waals surface area contributed by atoms with Gasteiger partial charge in [0.05, 0.1) is 10.9 Å². The summed E-state index contributed by atoms with van der Waals surface area (Å²) in [4.78, 5) is 4.32. The maximum atomic E-state index is 6.41. The topological polar surface area (TPSA) is 68.1 Å². The van der Waals surface area contributed by atoms with Crippen LogP contribution in [-0.2, 0) is 0 Å². The molecule has 0 bridgehead atoms. The summed E-state index contributed by atoms with van der Waals surface area (Å²) in [6.07, 6.45) is 13.2. The van der Waals surface area contributed by atoms with E-state index in [4.69, 9.17) is 4.74 Å². The van der Waals surface area contributed by atoms with Gasteiger partial charge in [-0.15, -0.1) is 5.10 Å². The van der Waals surface area contributed by atoms with Crippen LogP contribution >= 0.6 is 0 Å². The Morgan fingerprint density at radius 1 is 0.968 bits per heavy atom. The highest BCUT2D eigenvalue weighted by Gasteiger charge is 2.29. The molecular formula is C25H29N5O. The van der Waals surface area contributed by atoms with Gasteiger partial charge < -0.3 is 4.74 Å². The molecule has 2 saturated carbocycles. The van der Waals surface area contributed by atoms with Gasteiger partial charge >= 0.3 is 0 Å². The first kappa shape index (κ1) is 18.8. The van der Waals surface area contributed by atoms with E-state index < -0.39 is 0 Å². The molecule has 31 heavy (non-hydrogen) atoms. The first-order valence-electron chi connectivity index (χ1n) is 11.6. The summed E-state index contributed by atoms with van der Waals surface area (Å²) in [5.74, 6) is 2.70. The van der Waals surface area contributed by atoms with Crippen molar-refractivity contribution in [1.82, 2.24) is 24.8 Å². The Bertz CT molecular complexity index is 1240. The molecule has 6 rings (SSSR count). The number of hydrogen-bond donors (Lipinski definition) is 1. The molecule has 0 atom stereocenters. The van der Waals surface area contributed by atoms with E-state index in [-0.39, 0.29) is 0 Å². The molecule has 0 amide bonds. The van der Waals surface area contributed by atoms with E-state index in [2.05, 4.69) is 52.3 Å². The van der Waals surface area contributed by atoms with Crippen molar-refractivity contribution in [1.29, 1.82) is 0 Å². The maximum Gasteiger partial charge on any atom is 0.241 e. The highest BCUT2D eigenvalue weighted by molar-refractivity contribution is 5.91. The number of aryl methyl sites for hydroxylation is 2. The lowest BCUT2D eigenvalue weighted by molar-refractivity contribution is 0.123. The fourth-order valence-electron chi connectivity index (χ4n) is 5.30. The van der Waals surface area contributed by atoms with Crippen LogP contribution < -0.4 is 4.74 Å². The molecule has 0 unspecified atom stereocenters. The molecule has 6 heteroatoms. The molecule has 0 spiro atoms. The molecule has 1 aromatic carbocycles. The van der Waals surface area contributed by atoms with Crippen LogP contribution in [-0.4, -0.2) is 30.9 Å². The van der Waals surface area contributed by atoms with Gasteiger partial charge in [-0.25, -0.2) is 9.50 Å². The Labute approximate surface area is 182 Å². The molecular weight excluding hydrogens is 386 g/mol. The standard InChI is InChI=1S/C25H29N5O/c1-15-9-19(20-10-16(2)24-26-14-27-30(24)13-20)12-22-23(15)25(29-28-22)31-21-7-5-18(6-8-21)11-17-3-4-17/h9-10,12-14,17-18,21H,3-8,11H2,1-2H3,(H,28,29). The van der Waals surface area contributed by atoms with Gasteiger partial charge in [0.1, 0.15) is 12.4 Å². The average molecular weight is 416 g/mol. The lowest BCUT2D eigenvalue weighted by atomic mass is 9.84. The van der Waals surface area contributed by atoms with Crippen LogP contribution in [0.15, 0.2) is 30.7 Å². The van der Waals surface area contributed by atoms with E-state index in [1.54, 1.807) is 6.33 Å². The Morgan fingerprint density at radius 2 is 1.71 bits per heavy atom. The van der Waals surface area contributed by atoms with Crippen LogP contribution in [0.3, 0.4) is 0 Å². The SMILES string of the molecule is Cc1cc(-c2cc(C)c3ncnn3c2)cc2[nH]nc(OC3CCC(CC4CC4)CC3)c12. The second-order valence-electron chi connectivity index (χ2n) is 9.62. The number of nitrogens with zero attached hydrogens (tertiary/aromatic N) is 4. The van der Waals surface area contributed by atoms with Gasteiger partial charge in [0.25, 0.3) is 0 Å². The number of rotatable bonds is 5. The van der Waals surface area contributed by atoms with Gasteiger partial charge in [0.15, 0.2) is 5.65 Å². The van der Waals surface area contributed by atoms with Crippen molar-refractivity contribution >= 4 is 16.6 Å². The maximum absolute atomic E-state index is 6.41. The van der Waals surface area contributed by atoms with Crippen LogP contribution in [0.4, 0.5) is 0 Å². The predicted octanol–water partition coefficient (Wildman–Crippen LogP) is 5.63. The monoisotopic (exact) mass is 415 g/mol. The van der Waals surface area contributed by atoms with Gasteiger partial charge in [-0.2, -0.15) is 5.10 Å². The first-order chi connectivity index (χ1) is 15.1. The van der Waals surface area contributed by atoms with E-state index in [1.807, 2.05) is 10.7 Å². The third-order valence-electron chi connectivity index (χ3n) is 7.16. The zero-order chi connectivity index (χ0) is 20.9. The number of H-pyrrole nitrogens is 1. The molecule has 0 aliphatic heterocycles. The van der Waals surface area contributed by atoms with Crippen molar-refractivity contribution in [2.75, 3.05) is 0 Å². The Morgan fingerprint density at radius 3 is 2.48 bits per heavy atom. The van der Waals surface area contributed by atoms with E-state index in [9.17, 15) is 0 Å². The molecule has 0 saturated heterocycles. The molecule has 6 nitrogen and oxygen atoms in total. The third-order valence-corrected chi connectivity index (χ3v) is 7.16. The van der Waals surface area contributed by atoms with Gasteiger partial charge in [-0.1, -0.05) is 18.9 Å². The fourth-order valence-corrected chi connectivity index (χ4v) is 5.30. The fraction of sp³-hybridized carbons (Fsp3) is 0.480. The Hall–Kier alpha value is -2.89. The van der Waals surface area contributed by atoms with Crippen molar-refractivity contribution < 1.29 is 4.74 Å². The third kappa shape index (κ3) is 3.58. The summed E-state index contributed by atoms with van der Waals surface area (Å²) in [5, 5.41) is 13.2. The van der Waals surface area contributed by atoms with Crippen LogP contribution in [0.1, 0.15) is 56.1 Å². The first-order valence-corrected chi connectivity index (χ1v) is 11.6. The summed E-state index contributed by atoms with van der Waals surface area (Å²) in [6, 6.07) is 6.54. The summed E-state index contributed by atoms with van der Waals surface area (Å²) in [7, 11) is 0. The summed E-state index contributed by atoms with van der Waals surface area (Å²) in [5.41, 5.74) is 6.45. The molecule has 3 aromatic heterocycles. The Balaban J connectivity index is 1.24. The average Bonchev–Trinajstić information content (AvgIpc) is 3.28. The molecule has 2 aliphatic rings. The van der Waals surface area contributed by atoms with E-state index in [1.165, 1.54) is 37.7 Å². The smallest absolute Gasteiger partial charge is 0.241 e. The number of aromatic nitrogens is 5. The second kappa shape index (κ2) is 7.36. The zero-order valence-electron chi connectivity index (χ0n) is 18.3. The lowest BCUT2D eigenvalue weighted by Crippen LogP contribution is -2.24. The largest absolute Gasteiger partial charge is 0.473 e. The van der Waals surface area contributed by atoms with Crippen molar-refractivity contribution in [3.63, 3.8) is 0 Å². The highest BCUT2D eigenvalue weighted by Crippen LogP contribution is 2.41.